The van der Waals surface area contributed by atoms with Gasteiger partial charge in [0.05, 0.1) is 11.8 Å². The van der Waals surface area contributed by atoms with Crippen molar-refractivity contribution in [1.82, 2.24) is 15.1 Å². The molecule has 1 aliphatic rings. The smallest absolute Gasteiger partial charge is 0.272 e. The first kappa shape index (κ1) is 23.1. The Morgan fingerprint density at radius 2 is 2.07 bits per heavy atom. The summed E-state index contributed by atoms with van der Waals surface area (Å²) in [4.78, 5) is 17.3. The fraction of sp³-hybridized carbons (Fsp3) is 0.360. The predicted molar refractivity (Wildman–Crippen MR) is 125 cm³/mol. The van der Waals surface area contributed by atoms with Crippen LogP contribution in [0.25, 0.3) is 5.70 Å². The number of carbonyl (C=O) groups excluding carboxylic acids is 1. The van der Waals surface area contributed by atoms with Crippen molar-refractivity contribution in [3.63, 3.8) is 0 Å². The molecule has 0 saturated heterocycles. The highest BCUT2D eigenvalue weighted by molar-refractivity contribution is 6.05. The van der Waals surface area contributed by atoms with Crippen molar-refractivity contribution in [1.29, 1.82) is 0 Å². The van der Waals surface area contributed by atoms with Crippen LogP contribution in [-0.2, 0) is 7.05 Å². The maximum Gasteiger partial charge on any atom is 0.272 e. The van der Waals surface area contributed by atoms with Gasteiger partial charge in [-0.15, -0.1) is 5.73 Å². The first-order valence-corrected chi connectivity index (χ1v) is 10.5. The molecule has 5 nitrogen and oxygen atoms in total. The molecule has 0 aliphatic heterocycles. The highest BCUT2D eigenvalue weighted by Crippen LogP contribution is 2.39. The van der Waals surface area contributed by atoms with Crippen molar-refractivity contribution < 1.29 is 4.79 Å². The Bertz CT molecular complexity index is 988. The van der Waals surface area contributed by atoms with Crippen molar-refractivity contribution in [2.24, 2.45) is 12.0 Å². The van der Waals surface area contributed by atoms with Crippen LogP contribution >= 0.6 is 0 Å². The van der Waals surface area contributed by atoms with E-state index in [0.29, 0.717) is 23.0 Å². The Labute approximate surface area is 179 Å². The number of aromatic nitrogens is 2. The number of rotatable bonds is 7. The fourth-order valence-electron chi connectivity index (χ4n) is 3.15. The quantitative estimate of drug-likeness (QED) is 0.509. The molecule has 1 aromatic heterocycles. The van der Waals surface area contributed by atoms with Crippen LogP contribution in [-0.4, -0.2) is 27.4 Å². The van der Waals surface area contributed by atoms with Gasteiger partial charge in [-0.3, -0.25) is 9.48 Å². The molecule has 1 heterocycles. The van der Waals surface area contributed by atoms with E-state index >= 15 is 0 Å². The maximum absolute atomic E-state index is 12.6. The monoisotopic (exact) mass is 404 g/mol. The first-order valence-electron chi connectivity index (χ1n) is 10.5. The van der Waals surface area contributed by atoms with Gasteiger partial charge in [-0.25, -0.2) is 4.99 Å². The van der Waals surface area contributed by atoms with Crippen LogP contribution in [0.1, 0.15) is 66.8 Å². The minimum Gasteiger partial charge on any atom is -0.343 e. The van der Waals surface area contributed by atoms with Gasteiger partial charge >= 0.3 is 0 Å². The predicted octanol–water partition coefficient (Wildman–Crippen LogP) is 5.20. The van der Waals surface area contributed by atoms with Gasteiger partial charge in [-0.1, -0.05) is 50.8 Å². The van der Waals surface area contributed by atoms with E-state index in [1.54, 1.807) is 10.8 Å². The Balaban J connectivity index is 0.00000155. The molecule has 1 aromatic carbocycles. The second kappa shape index (κ2) is 10.6. The molecule has 2 aromatic rings. The lowest BCUT2D eigenvalue weighted by Crippen LogP contribution is -2.38. The number of carbonyl (C=O) groups is 1. The van der Waals surface area contributed by atoms with Crippen LogP contribution in [0, 0.1) is 6.92 Å². The summed E-state index contributed by atoms with van der Waals surface area (Å²) in [5, 5.41) is 7.32. The van der Waals surface area contributed by atoms with Gasteiger partial charge in [-0.2, -0.15) is 5.10 Å². The Kier molecular flexibility index (Phi) is 8.14. The molecule has 0 radical (unpaired) electrons. The molecule has 3 rings (SSSR count). The van der Waals surface area contributed by atoms with Gasteiger partial charge in [0.25, 0.3) is 5.91 Å². The number of aryl methyl sites for hydroxylation is 2. The number of aliphatic imine (C=N–C) groups is 1. The molecule has 5 heteroatoms. The highest BCUT2D eigenvalue weighted by Gasteiger charge is 2.28. The number of hydrogen-bond donors (Lipinski definition) is 1. The summed E-state index contributed by atoms with van der Waals surface area (Å²) in [6.45, 7) is 15.5. The Morgan fingerprint density at radius 1 is 1.37 bits per heavy atom. The summed E-state index contributed by atoms with van der Waals surface area (Å²) < 4.78 is 1.80. The van der Waals surface area contributed by atoms with Crippen LogP contribution in [0.4, 0.5) is 0 Å². The zero-order chi connectivity index (χ0) is 22.3. The van der Waals surface area contributed by atoms with Crippen molar-refractivity contribution in [3.8, 4) is 0 Å². The fourth-order valence-corrected chi connectivity index (χ4v) is 3.15. The van der Waals surface area contributed by atoms with Gasteiger partial charge in [0.2, 0.25) is 0 Å². The van der Waals surface area contributed by atoms with E-state index in [2.05, 4.69) is 34.3 Å². The topological polar surface area (TPSA) is 59.3 Å². The summed E-state index contributed by atoms with van der Waals surface area (Å²) in [6, 6.07) is 9.52. The molecule has 1 aliphatic carbocycles. The Hall–Kier alpha value is -3.17. The second-order valence-corrected chi connectivity index (χ2v) is 7.18. The molecule has 1 saturated carbocycles. The third-order valence-electron chi connectivity index (χ3n) is 4.84. The summed E-state index contributed by atoms with van der Waals surface area (Å²) in [5.74, 6) is 0.320. The van der Waals surface area contributed by atoms with Crippen LogP contribution in [0.3, 0.4) is 0 Å². The maximum atomic E-state index is 12.6. The first-order chi connectivity index (χ1) is 14.4. The molecule has 0 bridgehead atoms. The SMILES string of the molecule is C=C=C(N=C(C=C)C(C)NC(=O)c1cc(C2CC2)n(C)n1)c1cccc(C)c1.CC. The van der Waals surface area contributed by atoms with Crippen molar-refractivity contribution >= 4 is 17.3 Å². The largest absolute Gasteiger partial charge is 0.343 e. The minimum absolute atomic E-state index is 0.218. The van der Waals surface area contributed by atoms with E-state index in [4.69, 9.17) is 0 Å². The molecular weight excluding hydrogens is 372 g/mol. The molecule has 1 amide bonds. The average molecular weight is 405 g/mol. The zero-order valence-corrected chi connectivity index (χ0v) is 18.7. The third kappa shape index (κ3) is 5.68. The van der Waals surface area contributed by atoms with Gasteiger partial charge < -0.3 is 5.32 Å². The van der Waals surface area contributed by atoms with E-state index in [-0.39, 0.29) is 11.9 Å². The molecule has 1 N–H and O–H groups in total. The van der Waals surface area contributed by atoms with E-state index in [9.17, 15) is 4.79 Å². The minimum atomic E-state index is -0.329. The summed E-state index contributed by atoms with van der Waals surface area (Å²) in [7, 11) is 1.88. The summed E-state index contributed by atoms with van der Waals surface area (Å²) >= 11 is 0. The molecule has 158 valence electrons. The number of nitrogens with zero attached hydrogens (tertiary/aromatic N) is 3. The lowest BCUT2D eigenvalue weighted by molar-refractivity contribution is 0.0943. The number of nitrogens with one attached hydrogen (secondary N) is 1. The molecule has 0 spiro atoms. The standard InChI is InChI=1S/C23H26N4O.C2H6/c1-6-19(25-20(7-2)18-10-8-9-15(3)13-18)16(4)24-23(28)21-14-22(17-11-12-17)27(5)26-21;1-2/h6,8-10,13-14,16-17H,1-2,11-12H2,3-5H3,(H,24,28);1-2H3. The Morgan fingerprint density at radius 3 is 2.63 bits per heavy atom. The summed E-state index contributed by atoms with van der Waals surface area (Å²) in [5.41, 5.74) is 7.74. The van der Waals surface area contributed by atoms with Gasteiger partial charge in [0.15, 0.2) is 0 Å². The van der Waals surface area contributed by atoms with Crippen LogP contribution in [0.15, 0.2) is 60.3 Å². The van der Waals surface area contributed by atoms with Crippen molar-refractivity contribution in [2.75, 3.05) is 0 Å². The van der Waals surface area contributed by atoms with Crippen LogP contribution in [0.2, 0.25) is 0 Å². The van der Waals surface area contributed by atoms with Crippen LogP contribution < -0.4 is 5.32 Å². The lowest BCUT2D eigenvalue weighted by Gasteiger charge is -2.14. The lowest BCUT2D eigenvalue weighted by atomic mass is 10.1. The van der Waals surface area contributed by atoms with Gasteiger partial charge in [0.1, 0.15) is 11.4 Å². The third-order valence-corrected chi connectivity index (χ3v) is 4.84. The molecular formula is C25H32N4O. The molecule has 1 atom stereocenters. The molecule has 1 unspecified atom stereocenters. The summed E-state index contributed by atoms with van der Waals surface area (Å²) in [6.07, 6.45) is 3.98. The molecule has 1 fully saturated rings. The average Bonchev–Trinajstić information content (AvgIpc) is 3.51. The van der Waals surface area contributed by atoms with Crippen LogP contribution in [0.5, 0.6) is 0 Å². The number of amides is 1. The number of benzene rings is 1. The van der Waals surface area contributed by atoms with Crippen molar-refractivity contribution in [2.45, 2.75) is 52.5 Å². The van der Waals surface area contributed by atoms with Crippen molar-refractivity contribution in [3.05, 3.63) is 77.8 Å². The molecule has 30 heavy (non-hydrogen) atoms. The van der Waals surface area contributed by atoms with E-state index in [1.165, 1.54) is 12.8 Å². The van der Waals surface area contributed by atoms with E-state index < -0.39 is 0 Å². The zero-order valence-electron chi connectivity index (χ0n) is 18.7. The normalized spacial score (nSPS) is 14.1. The highest BCUT2D eigenvalue weighted by atomic mass is 16.2. The van der Waals surface area contributed by atoms with E-state index in [0.717, 1.165) is 16.8 Å². The second-order valence-electron chi connectivity index (χ2n) is 7.18. The van der Waals surface area contributed by atoms with Gasteiger partial charge in [0, 0.05) is 24.2 Å². The van der Waals surface area contributed by atoms with E-state index in [1.807, 2.05) is 65.1 Å². The number of hydrogen-bond acceptors (Lipinski definition) is 3. The van der Waals surface area contributed by atoms with Gasteiger partial charge in [-0.05, 0) is 44.9 Å².